The Balaban J connectivity index is 3.42. The van der Waals surface area contributed by atoms with Crippen molar-refractivity contribution < 1.29 is 14.0 Å². The van der Waals surface area contributed by atoms with E-state index in [0.29, 0.717) is 12.9 Å². The number of aldehydes is 1. The lowest BCUT2D eigenvalue weighted by Crippen LogP contribution is -2.37. The zero-order valence-corrected chi connectivity index (χ0v) is 7.46. The summed E-state index contributed by atoms with van der Waals surface area (Å²) in [6.45, 7) is 4.81. The van der Waals surface area contributed by atoms with Gasteiger partial charge in [0.15, 0.2) is 12.0 Å². The van der Waals surface area contributed by atoms with E-state index < -0.39 is 0 Å². The van der Waals surface area contributed by atoms with Crippen molar-refractivity contribution in [3.8, 4) is 0 Å². The van der Waals surface area contributed by atoms with Gasteiger partial charge in [-0.05, 0) is 0 Å². The standard InChI is InChI=1S/C8H16NO2/c1-8(7-10)11-6-5-9(2,3)4/h7H,1,5-6H2,2-4H3/q+1. The van der Waals surface area contributed by atoms with Gasteiger partial charge in [0.25, 0.3) is 0 Å². The zero-order chi connectivity index (χ0) is 8.91. The summed E-state index contributed by atoms with van der Waals surface area (Å²) in [7, 11) is 6.19. The van der Waals surface area contributed by atoms with E-state index in [1.165, 1.54) is 0 Å². The summed E-state index contributed by atoms with van der Waals surface area (Å²) in [4.78, 5) is 10.0. The number of carbonyl (C=O) groups excluding carboxylic acids is 1. The van der Waals surface area contributed by atoms with Crippen LogP contribution in [0.2, 0.25) is 0 Å². The van der Waals surface area contributed by atoms with Crippen molar-refractivity contribution >= 4 is 6.29 Å². The molecule has 0 bridgehead atoms. The Bertz CT molecular complexity index is 147. The fourth-order valence-corrected chi connectivity index (χ4v) is 0.485. The lowest BCUT2D eigenvalue weighted by atomic mass is 10.5. The smallest absolute Gasteiger partial charge is 0.184 e. The zero-order valence-electron chi connectivity index (χ0n) is 7.46. The SMILES string of the molecule is C=C(C=O)OCC[N+](C)(C)C. The Morgan fingerprint density at radius 1 is 1.55 bits per heavy atom. The predicted octanol–water partition coefficient (Wildman–Crippen LogP) is 0.422. The maximum absolute atomic E-state index is 10.0. The molecule has 0 rings (SSSR count). The Morgan fingerprint density at radius 3 is 2.45 bits per heavy atom. The van der Waals surface area contributed by atoms with Crippen LogP contribution in [0.15, 0.2) is 12.3 Å². The monoisotopic (exact) mass is 158 g/mol. The van der Waals surface area contributed by atoms with Gasteiger partial charge >= 0.3 is 0 Å². The molecular weight excluding hydrogens is 142 g/mol. The van der Waals surface area contributed by atoms with E-state index in [2.05, 4.69) is 27.7 Å². The summed E-state index contributed by atoms with van der Waals surface area (Å²) in [6, 6.07) is 0. The minimum Gasteiger partial charge on any atom is -0.485 e. The van der Waals surface area contributed by atoms with Gasteiger partial charge in [0.2, 0.25) is 0 Å². The predicted molar refractivity (Wildman–Crippen MR) is 44.1 cm³/mol. The molecule has 3 heteroatoms. The average Bonchev–Trinajstić information content (AvgIpc) is 1.85. The molecule has 0 fully saturated rings. The number of carbonyl (C=O) groups is 1. The van der Waals surface area contributed by atoms with Crippen LogP contribution >= 0.6 is 0 Å². The Morgan fingerprint density at radius 2 is 2.09 bits per heavy atom. The van der Waals surface area contributed by atoms with Gasteiger partial charge in [0.1, 0.15) is 13.2 Å². The Labute approximate surface area is 67.8 Å². The van der Waals surface area contributed by atoms with E-state index >= 15 is 0 Å². The van der Waals surface area contributed by atoms with E-state index in [-0.39, 0.29) is 5.76 Å². The van der Waals surface area contributed by atoms with Crippen LogP contribution in [0, 0.1) is 0 Å². The van der Waals surface area contributed by atoms with Crippen molar-refractivity contribution in [1.29, 1.82) is 0 Å². The molecule has 0 aliphatic carbocycles. The van der Waals surface area contributed by atoms with Gasteiger partial charge in [-0.1, -0.05) is 6.58 Å². The van der Waals surface area contributed by atoms with Crippen LogP contribution < -0.4 is 0 Å². The van der Waals surface area contributed by atoms with Gasteiger partial charge in [-0.25, -0.2) is 0 Å². The van der Waals surface area contributed by atoms with Gasteiger partial charge in [-0.2, -0.15) is 0 Å². The molecule has 0 radical (unpaired) electrons. The fourth-order valence-electron chi connectivity index (χ4n) is 0.485. The molecule has 0 aromatic rings. The second kappa shape index (κ2) is 4.13. The lowest BCUT2D eigenvalue weighted by molar-refractivity contribution is -0.870. The van der Waals surface area contributed by atoms with Crippen LogP contribution in [0.1, 0.15) is 0 Å². The number of allylic oxidation sites excluding steroid dienone is 1. The van der Waals surface area contributed by atoms with E-state index in [9.17, 15) is 4.79 Å². The second-order valence-electron chi connectivity index (χ2n) is 3.45. The molecule has 0 aromatic heterocycles. The van der Waals surface area contributed by atoms with Crippen molar-refractivity contribution in [3.05, 3.63) is 12.3 Å². The molecule has 0 aromatic carbocycles. The fraction of sp³-hybridized carbons (Fsp3) is 0.625. The van der Waals surface area contributed by atoms with E-state index in [0.717, 1.165) is 11.0 Å². The minimum atomic E-state index is 0.207. The first kappa shape index (κ1) is 10.2. The first-order valence-corrected chi connectivity index (χ1v) is 3.53. The molecule has 64 valence electrons. The highest BCUT2D eigenvalue weighted by atomic mass is 16.5. The summed E-state index contributed by atoms with van der Waals surface area (Å²) >= 11 is 0. The number of nitrogens with zero attached hydrogens (tertiary/aromatic N) is 1. The van der Waals surface area contributed by atoms with Crippen molar-refractivity contribution in [2.24, 2.45) is 0 Å². The molecule has 0 amide bonds. The Hall–Kier alpha value is -0.830. The van der Waals surface area contributed by atoms with Crippen LogP contribution in [0.25, 0.3) is 0 Å². The molecule has 0 saturated carbocycles. The van der Waals surface area contributed by atoms with Crippen molar-refractivity contribution in [1.82, 2.24) is 0 Å². The van der Waals surface area contributed by atoms with Gasteiger partial charge in [0, 0.05) is 0 Å². The normalized spacial score (nSPS) is 10.8. The maximum atomic E-state index is 10.0. The molecular formula is C8H16NO2+. The Kier molecular flexibility index (Phi) is 3.82. The van der Waals surface area contributed by atoms with Crippen LogP contribution in [-0.4, -0.2) is 45.1 Å². The molecule has 0 N–H and O–H groups in total. The highest BCUT2D eigenvalue weighted by Gasteiger charge is 2.06. The summed E-state index contributed by atoms with van der Waals surface area (Å²) in [5, 5.41) is 0. The molecule has 0 unspecified atom stereocenters. The molecule has 11 heavy (non-hydrogen) atoms. The third-order valence-electron chi connectivity index (χ3n) is 1.18. The molecule has 0 spiro atoms. The van der Waals surface area contributed by atoms with Crippen LogP contribution in [0.3, 0.4) is 0 Å². The van der Waals surface area contributed by atoms with Crippen LogP contribution in [0.5, 0.6) is 0 Å². The number of ether oxygens (including phenoxy) is 1. The largest absolute Gasteiger partial charge is 0.485 e. The number of hydrogen-bond acceptors (Lipinski definition) is 2. The number of hydrogen-bond donors (Lipinski definition) is 0. The van der Waals surface area contributed by atoms with E-state index in [1.807, 2.05) is 0 Å². The quantitative estimate of drug-likeness (QED) is 0.251. The molecule has 0 saturated heterocycles. The average molecular weight is 158 g/mol. The van der Waals surface area contributed by atoms with Crippen molar-refractivity contribution in [2.75, 3.05) is 34.3 Å². The van der Waals surface area contributed by atoms with Crippen LogP contribution in [0.4, 0.5) is 0 Å². The highest BCUT2D eigenvalue weighted by Crippen LogP contribution is 1.92. The topological polar surface area (TPSA) is 26.3 Å². The summed E-state index contributed by atoms with van der Waals surface area (Å²) in [6.07, 6.45) is 0.621. The minimum absolute atomic E-state index is 0.207. The van der Waals surface area contributed by atoms with Gasteiger partial charge < -0.3 is 9.22 Å². The van der Waals surface area contributed by atoms with Gasteiger partial charge in [0.05, 0.1) is 21.1 Å². The lowest BCUT2D eigenvalue weighted by Gasteiger charge is -2.23. The second-order valence-corrected chi connectivity index (χ2v) is 3.45. The van der Waals surface area contributed by atoms with Gasteiger partial charge in [-0.3, -0.25) is 4.79 Å². The number of likely N-dealkylation sites (N-methyl/N-ethyl adjacent to an activating group) is 1. The highest BCUT2D eigenvalue weighted by molar-refractivity contribution is 5.68. The first-order chi connectivity index (χ1) is 4.95. The van der Waals surface area contributed by atoms with E-state index in [1.54, 1.807) is 0 Å². The molecule has 0 aliphatic rings. The molecule has 3 nitrogen and oxygen atoms in total. The van der Waals surface area contributed by atoms with Crippen molar-refractivity contribution in [2.45, 2.75) is 0 Å². The summed E-state index contributed by atoms with van der Waals surface area (Å²) in [5.41, 5.74) is 0. The maximum Gasteiger partial charge on any atom is 0.184 e. The van der Waals surface area contributed by atoms with E-state index in [4.69, 9.17) is 4.74 Å². The third kappa shape index (κ3) is 7.06. The molecule has 0 heterocycles. The van der Waals surface area contributed by atoms with Crippen LogP contribution in [-0.2, 0) is 9.53 Å². The third-order valence-corrected chi connectivity index (χ3v) is 1.18. The summed E-state index contributed by atoms with van der Waals surface area (Å²) < 4.78 is 5.81. The number of quaternary nitrogens is 1. The van der Waals surface area contributed by atoms with Gasteiger partial charge in [-0.15, -0.1) is 0 Å². The first-order valence-electron chi connectivity index (χ1n) is 3.53. The summed E-state index contributed by atoms with van der Waals surface area (Å²) in [5.74, 6) is 0.207. The molecule has 0 atom stereocenters. The number of rotatable bonds is 5. The van der Waals surface area contributed by atoms with Crippen molar-refractivity contribution in [3.63, 3.8) is 0 Å². The molecule has 0 aliphatic heterocycles.